The van der Waals surface area contributed by atoms with E-state index in [2.05, 4.69) is 25.9 Å². The number of ether oxygens (including phenoxy) is 1. The van der Waals surface area contributed by atoms with Crippen molar-refractivity contribution in [1.82, 2.24) is 20.9 Å². The number of aliphatic imine (C=N–C) groups is 1. The first-order valence-electron chi connectivity index (χ1n) is 9.01. The van der Waals surface area contributed by atoms with Crippen LogP contribution in [0.1, 0.15) is 34.5 Å². The van der Waals surface area contributed by atoms with Crippen molar-refractivity contribution in [2.75, 3.05) is 32.8 Å². The standard InChI is InChI=1S/C18H27N5O3S/c1-3-19-18(21-7-5-10-25-12-15-6-4-11-26-15)22-9-8-20-17(24)16-14(2)23-13-27-16/h4,6,11,13H,3,5,7-10,12H2,1-2H3,(H,20,24)(H2,19,21,22). The Bertz CT molecular complexity index is 700. The normalized spacial score (nSPS) is 11.4. The van der Waals surface area contributed by atoms with Crippen molar-refractivity contribution in [1.29, 1.82) is 0 Å². The van der Waals surface area contributed by atoms with Crippen molar-refractivity contribution in [3.05, 3.63) is 40.2 Å². The fourth-order valence-electron chi connectivity index (χ4n) is 2.22. The SMILES string of the molecule is CCNC(=NCCCOCc1ccco1)NCCNC(=O)c1scnc1C. The van der Waals surface area contributed by atoms with Crippen LogP contribution >= 0.6 is 11.3 Å². The molecule has 0 saturated heterocycles. The fourth-order valence-corrected chi connectivity index (χ4v) is 2.94. The van der Waals surface area contributed by atoms with E-state index in [1.807, 2.05) is 26.0 Å². The van der Waals surface area contributed by atoms with Crippen LogP contribution in [0.15, 0.2) is 33.3 Å². The van der Waals surface area contributed by atoms with E-state index in [1.165, 1.54) is 11.3 Å². The van der Waals surface area contributed by atoms with Gasteiger partial charge in [0.2, 0.25) is 0 Å². The Morgan fingerprint density at radius 1 is 1.33 bits per heavy atom. The van der Waals surface area contributed by atoms with Crippen molar-refractivity contribution in [3.8, 4) is 0 Å². The molecule has 0 aliphatic heterocycles. The largest absolute Gasteiger partial charge is 0.467 e. The Hall–Kier alpha value is -2.39. The van der Waals surface area contributed by atoms with E-state index in [1.54, 1.807) is 11.8 Å². The quantitative estimate of drug-likeness (QED) is 0.306. The predicted molar refractivity (Wildman–Crippen MR) is 106 cm³/mol. The second-order valence-electron chi connectivity index (χ2n) is 5.70. The summed E-state index contributed by atoms with van der Waals surface area (Å²) in [5.41, 5.74) is 2.44. The highest BCUT2D eigenvalue weighted by Crippen LogP contribution is 2.11. The lowest BCUT2D eigenvalue weighted by Gasteiger charge is -2.11. The third-order valence-electron chi connectivity index (χ3n) is 3.54. The van der Waals surface area contributed by atoms with E-state index < -0.39 is 0 Å². The van der Waals surface area contributed by atoms with Crippen LogP contribution in [-0.2, 0) is 11.3 Å². The molecule has 148 valence electrons. The zero-order valence-corrected chi connectivity index (χ0v) is 16.6. The molecule has 0 atom stereocenters. The molecule has 0 bridgehead atoms. The molecule has 2 rings (SSSR count). The molecule has 3 N–H and O–H groups in total. The zero-order chi connectivity index (χ0) is 19.3. The monoisotopic (exact) mass is 393 g/mol. The van der Waals surface area contributed by atoms with Crippen LogP contribution in [0.3, 0.4) is 0 Å². The molecule has 0 unspecified atom stereocenters. The Morgan fingerprint density at radius 3 is 2.89 bits per heavy atom. The summed E-state index contributed by atoms with van der Waals surface area (Å²) in [6.45, 7) is 7.46. The maximum absolute atomic E-state index is 12.0. The average molecular weight is 394 g/mol. The van der Waals surface area contributed by atoms with E-state index in [-0.39, 0.29) is 5.91 Å². The Morgan fingerprint density at radius 2 is 2.19 bits per heavy atom. The minimum atomic E-state index is -0.0903. The molecule has 0 saturated carbocycles. The third kappa shape index (κ3) is 7.79. The second kappa shape index (κ2) is 12.1. The van der Waals surface area contributed by atoms with Gasteiger partial charge in [0.25, 0.3) is 5.91 Å². The first kappa shape index (κ1) is 20.9. The van der Waals surface area contributed by atoms with E-state index in [4.69, 9.17) is 9.15 Å². The summed E-state index contributed by atoms with van der Waals surface area (Å²) in [6, 6.07) is 3.73. The average Bonchev–Trinajstić information content (AvgIpc) is 3.32. The van der Waals surface area contributed by atoms with Gasteiger partial charge in [0.1, 0.15) is 17.2 Å². The molecule has 0 spiro atoms. The van der Waals surface area contributed by atoms with Crippen molar-refractivity contribution in [2.45, 2.75) is 26.9 Å². The van der Waals surface area contributed by atoms with Crippen LogP contribution in [0, 0.1) is 6.92 Å². The topological polar surface area (TPSA) is 101 Å². The zero-order valence-electron chi connectivity index (χ0n) is 15.8. The summed E-state index contributed by atoms with van der Waals surface area (Å²) in [7, 11) is 0. The van der Waals surface area contributed by atoms with Gasteiger partial charge in [-0.3, -0.25) is 9.79 Å². The number of nitrogens with zero attached hydrogens (tertiary/aromatic N) is 2. The number of hydrogen-bond donors (Lipinski definition) is 3. The summed E-state index contributed by atoms with van der Waals surface area (Å²) in [6.07, 6.45) is 2.46. The molecule has 9 heteroatoms. The van der Waals surface area contributed by atoms with Gasteiger partial charge >= 0.3 is 0 Å². The molecule has 0 fully saturated rings. The Labute approximate surface area is 163 Å². The first-order valence-corrected chi connectivity index (χ1v) is 9.89. The van der Waals surface area contributed by atoms with Crippen LogP contribution in [0.4, 0.5) is 0 Å². The summed E-state index contributed by atoms with van der Waals surface area (Å²) >= 11 is 1.35. The highest BCUT2D eigenvalue weighted by atomic mass is 32.1. The number of thiazole rings is 1. The predicted octanol–water partition coefficient (Wildman–Crippen LogP) is 1.94. The minimum Gasteiger partial charge on any atom is -0.467 e. The molecule has 2 heterocycles. The molecule has 27 heavy (non-hydrogen) atoms. The van der Waals surface area contributed by atoms with E-state index in [0.29, 0.717) is 37.7 Å². The van der Waals surface area contributed by atoms with Crippen LogP contribution in [-0.4, -0.2) is 49.6 Å². The van der Waals surface area contributed by atoms with Gasteiger partial charge in [0.15, 0.2) is 5.96 Å². The molecule has 0 aliphatic rings. The van der Waals surface area contributed by atoms with Crippen LogP contribution < -0.4 is 16.0 Å². The van der Waals surface area contributed by atoms with Crippen LogP contribution in [0.2, 0.25) is 0 Å². The molecule has 0 radical (unpaired) electrons. The smallest absolute Gasteiger partial charge is 0.263 e. The number of amides is 1. The lowest BCUT2D eigenvalue weighted by molar-refractivity contribution is 0.0957. The number of carbonyl (C=O) groups is 1. The first-order chi connectivity index (χ1) is 13.2. The Balaban J connectivity index is 1.60. The highest BCUT2D eigenvalue weighted by Gasteiger charge is 2.10. The van der Waals surface area contributed by atoms with Crippen molar-refractivity contribution >= 4 is 23.2 Å². The molecular formula is C18H27N5O3S. The molecule has 2 aromatic rings. The van der Waals surface area contributed by atoms with Crippen molar-refractivity contribution in [2.24, 2.45) is 4.99 Å². The molecular weight excluding hydrogens is 366 g/mol. The Kier molecular flexibility index (Phi) is 9.36. The number of aromatic nitrogens is 1. The maximum Gasteiger partial charge on any atom is 0.263 e. The van der Waals surface area contributed by atoms with Crippen molar-refractivity contribution in [3.63, 3.8) is 0 Å². The molecule has 1 amide bonds. The summed E-state index contributed by atoms with van der Waals surface area (Å²) in [5, 5.41) is 9.27. The van der Waals surface area contributed by atoms with Crippen LogP contribution in [0.25, 0.3) is 0 Å². The summed E-state index contributed by atoms with van der Waals surface area (Å²) in [4.78, 5) is 21.3. The van der Waals surface area contributed by atoms with Gasteiger partial charge in [-0.15, -0.1) is 11.3 Å². The number of furan rings is 1. The van der Waals surface area contributed by atoms with E-state index >= 15 is 0 Å². The molecule has 2 aromatic heterocycles. The van der Waals surface area contributed by atoms with Gasteiger partial charge in [-0.25, -0.2) is 4.98 Å². The summed E-state index contributed by atoms with van der Waals surface area (Å²) in [5.74, 6) is 1.46. The van der Waals surface area contributed by atoms with Gasteiger partial charge in [0.05, 0.1) is 17.5 Å². The lowest BCUT2D eigenvalue weighted by Crippen LogP contribution is -2.41. The minimum absolute atomic E-state index is 0.0903. The fraction of sp³-hybridized carbons (Fsp3) is 0.500. The highest BCUT2D eigenvalue weighted by molar-refractivity contribution is 7.11. The van der Waals surface area contributed by atoms with Gasteiger partial charge in [-0.1, -0.05) is 0 Å². The number of carbonyl (C=O) groups excluding carboxylic acids is 1. The van der Waals surface area contributed by atoms with E-state index in [0.717, 1.165) is 30.4 Å². The van der Waals surface area contributed by atoms with Gasteiger partial charge in [-0.05, 0) is 32.4 Å². The second-order valence-corrected chi connectivity index (χ2v) is 6.55. The van der Waals surface area contributed by atoms with Gasteiger partial charge in [0, 0.05) is 32.8 Å². The number of guanidine groups is 1. The van der Waals surface area contributed by atoms with E-state index in [9.17, 15) is 4.79 Å². The molecule has 0 aliphatic carbocycles. The number of hydrogen-bond acceptors (Lipinski definition) is 6. The maximum atomic E-state index is 12.0. The molecule has 0 aromatic carbocycles. The number of rotatable bonds is 11. The van der Waals surface area contributed by atoms with Gasteiger partial charge < -0.3 is 25.1 Å². The van der Waals surface area contributed by atoms with Crippen molar-refractivity contribution < 1.29 is 13.9 Å². The lowest BCUT2D eigenvalue weighted by atomic mass is 10.4. The number of aryl methyl sites for hydroxylation is 1. The molecule has 8 nitrogen and oxygen atoms in total. The van der Waals surface area contributed by atoms with Gasteiger partial charge in [-0.2, -0.15) is 0 Å². The van der Waals surface area contributed by atoms with Crippen LogP contribution in [0.5, 0.6) is 0 Å². The summed E-state index contributed by atoms with van der Waals surface area (Å²) < 4.78 is 10.7. The number of nitrogens with one attached hydrogen (secondary N) is 3. The third-order valence-corrected chi connectivity index (χ3v) is 4.47.